The third-order valence-corrected chi connectivity index (χ3v) is 2.27. The van der Waals surface area contributed by atoms with Crippen LogP contribution in [0.3, 0.4) is 0 Å². The number of benzene rings is 1. The maximum atomic E-state index is 5.14. The van der Waals surface area contributed by atoms with Crippen molar-refractivity contribution in [1.29, 1.82) is 0 Å². The second-order valence-electron chi connectivity index (χ2n) is 3.02. The molecule has 0 spiro atoms. The van der Waals surface area contributed by atoms with E-state index in [9.17, 15) is 0 Å². The molecule has 0 radical (unpaired) electrons. The van der Waals surface area contributed by atoms with Gasteiger partial charge in [-0.2, -0.15) is 0 Å². The van der Waals surface area contributed by atoms with Gasteiger partial charge in [-0.1, -0.05) is 29.4 Å². The Balaban J connectivity index is 2.65. The molecule has 0 unspecified atom stereocenters. The summed E-state index contributed by atoms with van der Waals surface area (Å²) in [4.78, 5) is 0. The standard InChI is InChI=1S/C11H7NO/c1-2-8-4-5-11-10(9(8)3-1)6-7-12-13-11/h1-7H. The van der Waals surface area contributed by atoms with E-state index in [1.165, 1.54) is 10.8 Å². The molecule has 0 atom stereocenters. The molecule has 1 aromatic heterocycles. The molecule has 0 bridgehead atoms. The van der Waals surface area contributed by atoms with Crippen LogP contribution in [0, 0.1) is 0 Å². The monoisotopic (exact) mass is 169 g/mol. The predicted molar refractivity (Wildman–Crippen MR) is 51.5 cm³/mol. The van der Waals surface area contributed by atoms with E-state index in [0.717, 1.165) is 11.0 Å². The van der Waals surface area contributed by atoms with Crippen molar-refractivity contribution in [3.8, 4) is 0 Å². The van der Waals surface area contributed by atoms with Crippen molar-refractivity contribution >= 4 is 21.7 Å². The van der Waals surface area contributed by atoms with E-state index in [2.05, 4.69) is 17.3 Å². The Morgan fingerprint density at radius 1 is 0.923 bits per heavy atom. The average Bonchev–Trinajstić information content (AvgIpc) is 2.65. The Kier molecular flexibility index (Phi) is 1.19. The van der Waals surface area contributed by atoms with Crippen LogP contribution in [0.1, 0.15) is 0 Å². The molecule has 2 aromatic carbocycles. The molecule has 0 saturated heterocycles. The molecule has 0 aliphatic heterocycles. The number of fused-ring (bicyclic) bond motifs is 3. The summed E-state index contributed by atoms with van der Waals surface area (Å²) >= 11 is 0. The lowest BCUT2D eigenvalue weighted by atomic mass is 10.1. The van der Waals surface area contributed by atoms with Gasteiger partial charge in [0.1, 0.15) is 0 Å². The molecule has 62 valence electrons. The Hall–Kier alpha value is -1.83. The van der Waals surface area contributed by atoms with Crippen LogP contribution >= 0.6 is 0 Å². The molecule has 0 N–H and O–H groups in total. The Morgan fingerprint density at radius 2 is 1.92 bits per heavy atom. The molecular weight excluding hydrogens is 162 g/mol. The fourth-order valence-electron chi connectivity index (χ4n) is 1.66. The lowest BCUT2D eigenvalue weighted by molar-refractivity contribution is 0.442. The number of rotatable bonds is 0. The Morgan fingerprint density at radius 3 is 2.92 bits per heavy atom. The zero-order valence-corrected chi connectivity index (χ0v) is 6.90. The minimum atomic E-state index is 0.834. The van der Waals surface area contributed by atoms with Crippen LogP contribution in [0.4, 0.5) is 0 Å². The summed E-state index contributed by atoms with van der Waals surface area (Å²) in [6, 6.07) is 12.2. The SMILES string of the molecule is c1cc2ccc3onccc3c2c1. The van der Waals surface area contributed by atoms with Crippen molar-refractivity contribution in [1.82, 2.24) is 5.16 Å². The van der Waals surface area contributed by atoms with Gasteiger partial charge < -0.3 is 4.52 Å². The minimum absolute atomic E-state index is 0.834. The maximum absolute atomic E-state index is 5.14. The molecule has 0 saturated carbocycles. The number of nitrogens with zero attached hydrogens (tertiary/aromatic N) is 1. The van der Waals surface area contributed by atoms with Gasteiger partial charge >= 0.3 is 0 Å². The summed E-state index contributed by atoms with van der Waals surface area (Å²) in [5, 5.41) is 7.32. The van der Waals surface area contributed by atoms with Gasteiger partial charge in [0.15, 0.2) is 5.58 Å². The van der Waals surface area contributed by atoms with Gasteiger partial charge in [-0.15, -0.1) is 0 Å². The van der Waals surface area contributed by atoms with E-state index in [-0.39, 0.29) is 0 Å². The van der Waals surface area contributed by atoms with Crippen molar-refractivity contribution in [2.24, 2.45) is 0 Å². The van der Waals surface area contributed by atoms with Gasteiger partial charge in [-0.05, 0) is 22.9 Å². The summed E-state index contributed by atoms with van der Waals surface area (Å²) < 4.78 is 5.14. The number of hydrogen-bond donors (Lipinski definition) is 0. The third-order valence-electron chi connectivity index (χ3n) is 2.27. The van der Waals surface area contributed by atoms with Gasteiger partial charge in [0.2, 0.25) is 0 Å². The second-order valence-corrected chi connectivity index (χ2v) is 3.02. The maximum Gasteiger partial charge on any atom is 0.165 e. The predicted octanol–water partition coefficient (Wildman–Crippen LogP) is 2.98. The lowest BCUT2D eigenvalue weighted by Gasteiger charge is -1.96. The zero-order chi connectivity index (χ0) is 8.67. The van der Waals surface area contributed by atoms with Gasteiger partial charge in [0.25, 0.3) is 0 Å². The van der Waals surface area contributed by atoms with E-state index < -0.39 is 0 Å². The highest BCUT2D eigenvalue weighted by Gasteiger charge is 2.00. The van der Waals surface area contributed by atoms with Crippen molar-refractivity contribution in [3.05, 3.63) is 42.6 Å². The average molecular weight is 169 g/mol. The van der Waals surface area contributed by atoms with Crippen molar-refractivity contribution in [3.63, 3.8) is 0 Å². The van der Waals surface area contributed by atoms with Crippen molar-refractivity contribution in [2.45, 2.75) is 0 Å². The third kappa shape index (κ3) is 0.855. The highest BCUT2D eigenvalue weighted by Crippen LogP contribution is 2.24. The molecule has 0 aliphatic rings. The van der Waals surface area contributed by atoms with E-state index in [1.54, 1.807) is 6.20 Å². The van der Waals surface area contributed by atoms with Crippen LogP contribution in [0.2, 0.25) is 0 Å². The van der Waals surface area contributed by atoms with E-state index in [0.29, 0.717) is 0 Å². The fourth-order valence-corrected chi connectivity index (χ4v) is 1.66. The first-order valence-electron chi connectivity index (χ1n) is 4.17. The fraction of sp³-hybridized carbons (Fsp3) is 0. The number of hydrogen-bond acceptors (Lipinski definition) is 2. The molecule has 0 fully saturated rings. The van der Waals surface area contributed by atoms with Crippen LogP contribution in [-0.2, 0) is 0 Å². The first-order valence-corrected chi connectivity index (χ1v) is 4.17. The second kappa shape index (κ2) is 2.33. The topological polar surface area (TPSA) is 26.0 Å². The summed E-state index contributed by atoms with van der Waals surface area (Å²) in [5.41, 5.74) is 0.834. The first kappa shape index (κ1) is 6.66. The van der Waals surface area contributed by atoms with Crippen LogP contribution in [0.15, 0.2) is 47.1 Å². The molecule has 3 aromatic rings. The van der Waals surface area contributed by atoms with Crippen LogP contribution < -0.4 is 0 Å². The molecule has 0 aliphatic carbocycles. The highest BCUT2D eigenvalue weighted by molar-refractivity contribution is 6.05. The minimum Gasteiger partial charge on any atom is -0.356 e. The summed E-state index contributed by atoms with van der Waals surface area (Å²) in [5.74, 6) is 0. The van der Waals surface area contributed by atoms with E-state index in [4.69, 9.17) is 4.52 Å². The highest BCUT2D eigenvalue weighted by atomic mass is 16.5. The molecule has 1 heterocycles. The summed E-state index contributed by atoms with van der Waals surface area (Å²) in [7, 11) is 0. The van der Waals surface area contributed by atoms with Crippen molar-refractivity contribution < 1.29 is 4.52 Å². The largest absolute Gasteiger partial charge is 0.356 e. The zero-order valence-electron chi connectivity index (χ0n) is 6.90. The molecule has 13 heavy (non-hydrogen) atoms. The van der Waals surface area contributed by atoms with Gasteiger partial charge in [0, 0.05) is 5.39 Å². The molecule has 3 rings (SSSR count). The van der Waals surface area contributed by atoms with Gasteiger partial charge in [0.05, 0.1) is 6.20 Å². The first-order chi connectivity index (χ1) is 6.45. The molecule has 2 nitrogen and oxygen atoms in total. The normalized spacial score (nSPS) is 11.1. The molecule has 2 heteroatoms. The number of aromatic nitrogens is 1. The molecular formula is C11H7NO. The lowest BCUT2D eigenvalue weighted by Crippen LogP contribution is -1.74. The summed E-state index contributed by atoms with van der Waals surface area (Å²) in [6.45, 7) is 0. The van der Waals surface area contributed by atoms with Gasteiger partial charge in [-0.25, -0.2) is 0 Å². The Bertz CT molecular complexity index is 568. The van der Waals surface area contributed by atoms with Crippen LogP contribution in [0.5, 0.6) is 0 Å². The smallest absolute Gasteiger partial charge is 0.165 e. The Labute approximate surface area is 74.8 Å². The summed E-state index contributed by atoms with van der Waals surface area (Å²) in [6.07, 6.45) is 1.68. The quantitative estimate of drug-likeness (QED) is 0.517. The van der Waals surface area contributed by atoms with Gasteiger partial charge in [-0.3, -0.25) is 0 Å². The van der Waals surface area contributed by atoms with Crippen molar-refractivity contribution in [2.75, 3.05) is 0 Å². The van der Waals surface area contributed by atoms with E-state index in [1.807, 2.05) is 24.3 Å². The van der Waals surface area contributed by atoms with E-state index >= 15 is 0 Å². The van der Waals surface area contributed by atoms with Crippen LogP contribution in [-0.4, -0.2) is 5.16 Å². The van der Waals surface area contributed by atoms with Crippen LogP contribution in [0.25, 0.3) is 21.7 Å². The molecule has 0 amide bonds.